The van der Waals surface area contributed by atoms with Crippen molar-refractivity contribution in [3.8, 4) is 5.75 Å². The molecule has 0 radical (unpaired) electrons. The van der Waals surface area contributed by atoms with E-state index in [4.69, 9.17) is 9.47 Å². The number of anilines is 1. The highest BCUT2D eigenvalue weighted by molar-refractivity contribution is 7.92. The van der Waals surface area contributed by atoms with E-state index in [1.54, 1.807) is 14.0 Å². The van der Waals surface area contributed by atoms with Crippen molar-refractivity contribution in [3.63, 3.8) is 0 Å². The molecule has 2 N–H and O–H groups in total. The van der Waals surface area contributed by atoms with Crippen LogP contribution in [0.3, 0.4) is 0 Å². The zero-order valence-electron chi connectivity index (χ0n) is 27.7. The standard InChI is InChI=1S/C32H44FN5O8S2/c1-22-17-38(23(2)20-39)32(40)28-16-26(35-47(41,42)31-19-36(4)21-34-31)11-14-29(28)46-24(3)8-6-7-15-45-30(22)18-37(5)48(43,44)27-12-9-25(33)10-13-27/h9-14,16,19,21-24,30,35,39H,6-8,15,17-18,20H2,1-5H3/t22-,23+,24-,30+/m1/s1. The smallest absolute Gasteiger partial charge is 0.280 e. The molecule has 0 aliphatic carbocycles. The lowest BCUT2D eigenvalue weighted by atomic mass is 10.0. The lowest BCUT2D eigenvalue weighted by molar-refractivity contribution is -0.00834. The average Bonchev–Trinajstić information content (AvgIpc) is 3.49. The molecule has 1 amide bonds. The molecule has 264 valence electrons. The molecule has 0 unspecified atom stereocenters. The fourth-order valence-electron chi connectivity index (χ4n) is 5.32. The molecule has 1 aliphatic rings. The van der Waals surface area contributed by atoms with Crippen LogP contribution in [0.15, 0.2) is 64.9 Å². The van der Waals surface area contributed by atoms with Gasteiger partial charge in [0.25, 0.3) is 15.9 Å². The first-order chi connectivity index (χ1) is 22.6. The first-order valence-electron chi connectivity index (χ1n) is 15.7. The van der Waals surface area contributed by atoms with E-state index in [0.717, 1.165) is 22.9 Å². The van der Waals surface area contributed by atoms with Crippen molar-refractivity contribution >= 4 is 31.6 Å². The average molecular weight is 710 g/mol. The Bertz CT molecular complexity index is 1770. The molecule has 0 fully saturated rings. The number of aliphatic hydroxyl groups excluding tert-OH is 1. The first kappa shape index (κ1) is 37.3. The zero-order valence-corrected chi connectivity index (χ0v) is 29.4. The molecule has 48 heavy (non-hydrogen) atoms. The predicted octanol–water partition coefficient (Wildman–Crippen LogP) is 3.48. The number of carbonyl (C=O) groups excluding carboxylic acids is 1. The van der Waals surface area contributed by atoms with Crippen LogP contribution in [0.2, 0.25) is 0 Å². The van der Waals surface area contributed by atoms with Crippen molar-refractivity contribution < 1.29 is 40.6 Å². The van der Waals surface area contributed by atoms with Gasteiger partial charge in [0.2, 0.25) is 10.0 Å². The summed E-state index contributed by atoms with van der Waals surface area (Å²) in [6.07, 6.45) is 3.78. The fraction of sp³-hybridized carbons (Fsp3) is 0.500. The molecular formula is C32H44FN5O8S2. The summed E-state index contributed by atoms with van der Waals surface area (Å²) in [5.41, 5.74) is 0.199. The zero-order chi connectivity index (χ0) is 35.2. The van der Waals surface area contributed by atoms with Gasteiger partial charge < -0.3 is 24.0 Å². The van der Waals surface area contributed by atoms with Gasteiger partial charge in [-0.25, -0.2) is 17.8 Å². The second-order valence-electron chi connectivity index (χ2n) is 12.2. The summed E-state index contributed by atoms with van der Waals surface area (Å²) in [6.45, 7) is 5.35. The van der Waals surface area contributed by atoms with E-state index in [0.29, 0.717) is 19.4 Å². The largest absolute Gasteiger partial charge is 0.490 e. The number of hydrogen-bond acceptors (Lipinski definition) is 9. The number of carbonyl (C=O) groups is 1. The number of nitrogens with one attached hydrogen (secondary N) is 1. The van der Waals surface area contributed by atoms with Gasteiger partial charge in [0.15, 0.2) is 5.03 Å². The van der Waals surface area contributed by atoms with Crippen LogP contribution in [0.25, 0.3) is 0 Å². The Hall–Kier alpha value is -3.57. The number of hydrogen-bond donors (Lipinski definition) is 2. The van der Waals surface area contributed by atoms with E-state index in [2.05, 4.69) is 9.71 Å². The predicted molar refractivity (Wildman–Crippen MR) is 177 cm³/mol. The monoisotopic (exact) mass is 709 g/mol. The highest BCUT2D eigenvalue weighted by Gasteiger charge is 2.33. The minimum Gasteiger partial charge on any atom is -0.490 e. The first-order valence-corrected chi connectivity index (χ1v) is 18.6. The quantitative estimate of drug-likeness (QED) is 0.339. The third kappa shape index (κ3) is 9.11. The molecule has 0 saturated carbocycles. The third-order valence-electron chi connectivity index (χ3n) is 8.22. The molecule has 0 saturated heterocycles. The Kier molecular flexibility index (Phi) is 12.2. The normalized spacial score (nSPS) is 20.9. The SMILES string of the molecule is C[C@@H]1CCCCO[C@@H](CN(C)S(=O)(=O)c2ccc(F)cc2)[C@H](C)CN([C@@H](C)CO)C(=O)c2cc(NS(=O)(=O)c3cn(C)cn3)ccc2O1. The van der Waals surface area contributed by atoms with Crippen molar-refractivity contribution in [2.45, 2.75) is 68.2 Å². The van der Waals surface area contributed by atoms with Gasteiger partial charge in [-0.1, -0.05) is 6.92 Å². The van der Waals surface area contributed by atoms with Gasteiger partial charge in [0.05, 0.1) is 41.6 Å². The number of aromatic nitrogens is 2. The summed E-state index contributed by atoms with van der Waals surface area (Å²) in [5, 5.41) is 9.99. The summed E-state index contributed by atoms with van der Waals surface area (Å²) in [6, 6.07) is 8.34. The van der Waals surface area contributed by atoms with Gasteiger partial charge in [0.1, 0.15) is 11.6 Å². The van der Waals surface area contributed by atoms with Crippen LogP contribution in [0.1, 0.15) is 50.4 Å². The summed E-state index contributed by atoms with van der Waals surface area (Å²) in [5.74, 6) is -1.24. The van der Waals surface area contributed by atoms with Crippen molar-refractivity contribution in [3.05, 3.63) is 66.4 Å². The fourth-order valence-corrected chi connectivity index (χ4v) is 7.54. The molecule has 4 atom stereocenters. The van der Waals surface area contributed by atoms with E-state index in [1.165, 1.54) is 59.4 Å². The minimum atomic E-state index is -4.07. The van der Waals surface area contributed by atoms with Crippen molar-refractivity contribution in [2.75, 3.05) is 38.1 Å². The van der Waals surface area contributed by atoms with Crippen LogP contribution in [-0.4, -0.2) is 98.2 Å². The number of likely N-dealkylation sites (N-methyl/N-ethyl adjacent to an activating group) is 1. The van der Waals surface area contributed by atoms with Crippen molar-refractivity contribution in [2.24, 2.45) is 13.0 Å². The Morgan fingerprint density at radius 2 is 1.83 bits per heavy atom. The lowest BCUT2D eigenvalue weighted by Gasteiger charge is -2.35. The molecule has 0 spiro atoms. The van der Waals surface area contributed by atoms with Gasteiger partial charge >= 0.3 is 0 Å². The molecule has 3 aromatic rings. The van der Waals surface area contributed by atoms with Gasteiger partial charge in [0, 0.05) is 51.6 Å². The number of amides is 1. The van der Waals surface area contributed by atoms with Gasteiger partial charge in [-0.15, -0.1) is 0 Å². The van der Waals surface area contributed by atoms with E-state index >= 15 is 0 Å². The van der Waals surface area contributed by atoms with Crippen molar-refractivity contribution in [1.29, 1.82) is 0 Å². The van der Waals surface area contributed by atoms with Gasteiger partial charge in [-0.2, -0.15) is 12.7 Å². The number of rotatable bonds is 9. The maximum Gasteiger partial charge on any atom is 0.280 e. The molecule has 2 aromatic carbocycles. The maximum absolute atomic E-state index is 14.3. The highest BCUT2D eigenvalue weighted by Crippen LogP contribution is 2.29. The molecule has 0 bridgehead atoms. The van der Waals surface area contributed by atoms with Crippen molar-refractivity contribution in [1.82, 2.24) is 18.8 Å². The number of imidazole rings is 1. The second-order valence-corrected chi connectivity index (χ2v) is 15.9. The maximum atomic E-state index is 14.3. The topological polar surface area (TPSA) is 160 Å². The Morgan fingerprint density at radius 3 is 2.48 bits per heavy atom. The third-order valence-corrected chi connectivity index (χ3v) is 11.3. The highest BCUT2D eigenvalue weighted by atomic mass is 32.2. The van der Waals surface area contributed by atoms with Gasteiger partial charge in [-0.05, 0) is 75.6 Å². The van der Waals surface area contributed by atoms with E-state index in [-0.39, 0.29) is 52.7 Å². The number of ether oxygens (including phenoxy) is 2. The number of fused-ring (bicyclic) bond motifs is 1. The summed E-state index contributed by atoms with van der Waals surface area (Å²) in [7, 11) is -4.99. The summed E-state index contributed by atoms with van der Waals surface area (Å²) < 4.78 is 83.8. The Morgan fingerprint density at radius 1 is 1.12 bits per heavy atom. The number of sulfonamides is 2. The Labute approximate surface area is 281 Å². The minimum absolute atomic E-state index is 0.0496. The molecule has 16 heteroatoms. The van der Waals surface area contributed by atoms with Crippen LogP contribution in [0, 0.1) is 11.7 Å². The van der Waals surface area contributed by atoms with Crippen LogP contribution >= 0.6 is 0 Å². The number of aryl methyl sites for hydroxylation is 1. The van der Waals surface area contributed by atoms with Crippen LogP contribution in [0.4, 0.5) is 10.1 Å². The molecule has 1 aromatic heterocycles. The molecule has 4 rings (SSSR count). The second kappa shape index (κ2) is 15.8. The van der Waals surface area contributed by atoms with Crippen LogP contribution in [0.5, 0.6) is 5.75 Å². The van der Waals surface area contributed by atoms with Crippen LogP contribution < -0.4 is 9.46 Å². The lowest BCUT2D eigenvalue weighted by Crippen LogP contribution is -2.48. The number of aliphatic hydroxyl groups is 1. The van der Waals surface area contributed by atoms with E-state index < -0.39 is 49.8 Å². The number of halogens is 1. The number of nitrogens with zero attached hydrogens (tertiary/aromatic N) is 4. The van der Waals surface area contributed by atoms with Crippen LogP contribution in [-0.2, 0) is 31.8 Å². The number of benzene rings is 2. The van der Waals surface area contributed by atoms with E-state index in [1.807, 2.05) is 13.8 Å². The molecular weight excluding hydrogens is 666 g/mol. The van der Waals surface area contributed by atoms with Gasteiger partial charge in [-0.3, -0.25) is 9.52 Å². The summed E-state index contributed by atoms with van der Waals surface area (Å²) in [4.78, 5) is 19.6. The molecule has 13 nitrogen and oxygen atoms in total. The summed E-state index contributed by atoms with van der Waals surface area (Å²) >= 11 is 0. The Balaban J connectivity index is 1.67. The molecule has 1 aliphatic heterocycles. The van der Waals surface area contributed by atoms with E-state index in [9.17, 15) is 31.1 Å². The molecule has 2 heterocycles.